The Morgan fingerprint density at radius 3 is 3.31 bits per heavy atom. The predicted octanol–water partition coefficient (Wildman–Crippen LogP) is 2.03. The van der Waals surface area contributed by atoms with E-state index in [0.717, 1.165) is 25.0 Å². The summed E-state index contributed by atoms with van der Waals surface area (Å²) in [5.74, 6) is 1.30. The molecule has 16 heavy (non-hydrogen) atoms. The minimum atomic E-state index is 0.237. The Morgan fingerprint density at radius 1 is 1.56 bits per heavy atom. The van der Waals surface area contributed by atoms with Gasteiger partial charge in [0.05, 0.1) is 6.04 Å². The summed E-state index contributed by atoms with van der Waals surface area (Å²) in [6.45, 7) is 0. The summed E-state index contributed by atoms with van der Waals surface area (Å²) in [6.07, 6.45) is 5.13. The summed E-state index contributed by atoms with van der Waals surface area (Å²) in [7, 11) is 1.87. The molecule has 1 N–H and O–H groups in total. The highest BCUT2D eigenvalue weighted by molar-refractivity contribution is 7.95. The van der Waals surface area contributed by atoms with Gasteiger partial charge in [-0.2, -0.15) is 0 Å². The maximum Gasteiger partial charge on any atom is 0.178 e. The SMILES string of the molecule is CN1OC2=COC3CCC(Cl)CC3C2NS1. The quantitative estimate of drug-likeness (QED) is 0.534. The van der Waals surface area contributed by atoms with Gasteiger partial charge in [0.2, 0.25) is 0 Å². The van der Waals surface area contributed by atoms with Crippen LogP contribution in [-0.4, -0.2) is 29.0 Å². The third-order valence-electron chi connectivity index (χ3n) is 3.41. The minimum absolute atomic E-state index is 0.237. The van der Waals surface area contributed by atoms with Crippen molar-refractivity contribution < 1.29 is 9.57 Å². The van der Waals surface area contributed by atoms with Gasteiger partial charge in [-0.1, -0.05) is 4.47 Å². The maximum atomic E-state index is 6.24. The first-order chi connectivity index (χ1) is 7.74. The van der Waals surface area contributed by atoms with Crippen molar-refractivity contribution in [1.29, 1.82) is 0 Å². The molecule has 4 atom stereocenters. The van der Waals surface area contributed by atoms with Crippen LogP contribution in [0, 0.1) is 5.92 Å². The van der Waals surface area contributed by atoms with Crippen molar-refractivity contribution >= 4 is 23.7 Å². The Balaban J connectivity index is 1.80. The van der Waals surface area contributed by atoms with Gasteiger partial charge < -0.3 is 9.57 Å². The smallest absolute Gasteiger partial charge is 0.178 e. The zero-order valence-corrected chi connectivity index (χ0v) is 10.6. The second-order valence-electron chi connectivity index (χ2n) is 4.49. The summed E-state index contributed by atoms with van der Waals surface area (Å²) in [4.78, 5) is 5.60. The molecular formula is C10H15ClN2O2S. The van der Waals surface area contributed by atoms with Crippen molar-refractivity contribution in [2.24, 2.45) is 5.92 Å². The van der Waals surface area contributed by atoms with Crippen LogP contribution < -0.4 is 4.72 Å². The molecule has 1 aliphatic carbocycles. The van der Waals surface area contributed by atoms with Crippen molar-refractivity contribution in [3.8, 4) is 0 Å². The van der Waals surface area contributed by atoms with E-state index in [1.165, 1.54) is 12.1 Å². The van der Waals surface area contributed by atoms with Crippen LogP contribution in [0.3, 0.4) is 0 Å². The Bertz CT molecular complexity index is 315. The molecule has 4 nitrogen and oxygen atoms in total. The van der Waals surface area contributed by atoms with Crippen molar-refractivity contribution in [3.05, 3.63) is 12.0 Å². The van der Waals surface area contributed by atoms with Gasteiger partial charge in [-0.3, -0.25) is 0 Å². The number of hydrogen-bond acceptors (Lipinski definition) is 5. The summed E-state index contributed by atoms with van der Waals surface area (Å²) in [5, 5.41) is 0.274. The Morgan fingerprint density at radius 2 is 2.44 bits per heavy atom. The van der Waals surface area contributed by atoms with Crippen LogP contribution in [0.2, 0.25) is 0 Å². The zero-order valence-electron chi connectivity index (χ0n) is 9.06. The van der Waals surface area contributed by atoms with Gasteiger partial charge in [-0.25, -0.2) is 4.72 Å². The fourth-order valence-electron chi connectivity index (χ4n) is 2.60. The van der Waals surface area contributed by atoms with E-state index in [0.29, 0.717) is 12.0 Å². The van der Waals surface area contributed by atoms with Crippen molar-refractivity contribution in [3.63, 3.8) is 0 Å². The first kappa shape index (κ1) is 11.0. The zero-order chi connectivity index (χ0) is 11.1. The van der Waals surface area contributed by atoms with Crippen LogP contribution in [0.4, 0.5) is 0 Å². The van der Waals surface area contributed by atoms with E-state index >= 15 is 0 Å². The highest BCUT2D eigenvalue weighted by atomic mass is 35.5. The molecule has 2 aliphatic heterocycles. The van der Waals surface area contributed by atoms with Crippen molar-refractivity contribution in [2.75, 3.05) is 7.05 Å². The maximum absolute atomic E-state index is 6.24. The fourth-order valence-corrected chi connectivity index (χ4v) is 3.61. The lowest BCUT2D eigenvalue weighted by Crippen LogP contribution is -2.51. The van der Waals surface area contributed by atoms with E-state index in [1.54, 1.807) is 10.7 Å². The van der Waals surface area contributed by atoms with Gasteiger partial charge in [0.15, 0.2) is 5.76 Å². The second kappa shape index (κ2) is 4.29. The van der Waals surface area contributed by atoms with E-state index in [-0.39, 0.29) is 11.4 Å². The summed E-state index contributed by atoms with van der Waals surface area (Å²) >= 11 is 7.72. The number of nitrogens with one attached hydrogen (secondary N) is 1. The van der Waals surface area contributed by atoms with E-state index in [9.17, 15) is 0 Å². The lowest BCUT2D eigenvalue weighted by Gasteiger charge is -2.44. The van der Waals surface area contributed by atoms with Crippen LogP contribution in [0.25, 0.3) is 0 Å². The van der Waals surface area contributed by atoms with Crippen LogP contribution in [0.15, 0.2) is 12.0 Å². The standard InChI is InChI=1S/C10H15ClN2O2S/c1-13-15-9-5-14-8-3-2-6(11)4-7(8)10(9)12-16-13/h5-8,10,12H,2-4H2,1H3. The third kappa shape index (κ3) is 1.90. The topological polar surface area (TPSA) is 33.7 Å². The Labute approximate surface area is 105 Å². The minimum Gasteiger partial charge on any atom is -0.494 e. The number of hydrogen-bond donors (Lipinski definition) is 1. The number of halogens is 1. The molecule has 1 saturated carbocycles. The molecule has 4 unspecified atom stereocenters. The lowest BCUT2D eigenvalue weighted by molar-refractivity contribution is -0.0719. The third-order valence-corrected chi connectivity index (χ3v) is 4.49. The van der Waals surface area contributed by atoms with E-state index in [1.807, 2.05) is 7.05 Å². The summed E-state index contributed by atoms with van der Waals surface area (Å²) in [5.41, 5.74) is 0. The molecule has 0 spiro atoms. The van der Waals surface area contributed by atoms with Crippen LogP contribution in [0.5, 0.6) is 0 Å². The van der Waals surface area contributed by atoms with Crippen LogP contribution >= 0.6 is 23.7 Å². The second-order valence-corrected chi connectivity index (χ2v) is 6.04. The molecule has 0 amide bonds. The van der Waals surface area contributed by atoms with Crippen molar-refractivity contribution in [1.82, 2.24) is 9.19 Å². The monoisotopic (exact) mass is 262 g/mol. The molecule has 6 heteroatoms. The first-order valence-electron chi connectivity index (χ1n) is 5.58. The van der Waals surface area contributed by atoms with E-state index < -0.39 is 0 Å². The normalized spacial score (nSPS) is 43.5. The van der Waals surface area contributed by atoms with E-state index in [4.69, 9.17) is 21.2 Å². The highest BCUT2D eigenvalue weighted by Crippen LogP contribution is 2.40. The first-order valence-corrected chi connectivity index (χ1v) is 6.79. The van der Waals surface area contributed by atoms with Gasteiger partial charge in [-0.05, 0) is 19.3 Å². The van der Waals surface area contributed by atoms with Crippen molar-refractivity contribution in [2.45, 2.75) is 36.8 Å². The molecule has 90 valence electrons. The van der Waals surface area contributed by atoms with Crippen LogP contribution in [0.1, 0.15) is 19.3 Å². The Kier molecular flexibility index (Phi) is 2.96. The fraction of sp³-hybridized carbons (Fsp3) is 0.800. The molecule has 0 aromatic heterocycles. The average molecular weight is 263 g/mol. The number of fused-ring (bicyclic) bond motifs is 3. The van der Waals surface area contributed by atoms with Gasteiger partial charge in [-0.15, -0.1) is 11.6 Å². The predicted molar refractivity (Wildman–Crippen MR) is 63.3 cm³/mol. The molecular weight excluding hydrogens is 248 g/mol. The molecule has 1 saturated heterocycles. The lowest BCUT2D eigenvalue weighted by atomic mass is 9.80. The number of alkyl halides is 1. The summed E-state index contributed by atoms with van der Waals surface area (Å²) < 4.78 is 10.8. The Hall–Kier alpha value is -0.100. The van der Waals surface area contributed by atoms with Gasteiger partial charge in [0, 0.05) is 30.5 Å². The molecule has 0 aromatic rings. The number of hydroxylamine groups is 1. The largest absolute Gasteiger partial charge is 0.494 e. The number of rotatable bonds is 0. The molecule has 0 radical (unpaired) electrons. The molecule has 2 heterocycles. The number of ether oxygens (including phenoxy) is 1. The van der Waals surface area contributed by atoms with Crippen LogP contribution in [-0.2, 0) is 9.57 Å². The average Bonchev–Trinajstić information content (AvgIpc) is 2.28. The molecule has 2 fully saturated rings. The highest BCUT2D eigenvalue weighted by Gasteiger charge is 2.43. The molecule has 3 aliphatic rings. The van der Waals surface area contributed by atoms with Gasteiger partial charge in [0.1, 0.15) is 12.4 Å². The molecule has 0 aromatic carbocycles. The number of nitrogens with zero attached hydrogens (tertiary/aromatic N) is 1. The summed E-state index contributed by atoms with van der Waals surface area (Å²) in [6, 6.07) is 0.237. The molecule has 3 rings (SSSR count). The molecule has 0 bridgehead atoms. The van der Waals surface area contributed by atoms with Gasteiger partial charge in [0.25, 0.3) is 0 Å². The van der Waals surface area contributed by atoms with E-state index in [2.05, 4.69) is 4.72 Å². The van der Waals surface area contributed by atoms with Gasteiger partial charge >= 0.3 is 0 Å².